The smallest absolute Gasteiger partial charge is 0.271 e. The molecule has 0 aliphatic heterocycles. The van der Waals surface area contributed by atoms with E-state index in [9.17, 15) is 4.79 Å². The number of halogens is 1. The van der Waals surface area contributed by atoms with E-state index in [0.29, 0.717) is 12.2 Å². The second-order valence-electron chi connectivity index (χ2n) is 4.09. The van der Waals surface area contributed by atoms with Crippen LogP contribution in [0.1, 0.15) is 29.5 Å². The Labute approximate surface area is 101 Å². The van der Waals surface area contributed by atoms with Gasteiger partial charge in [0.25, 0.3) is 5.91 Å². The second kappa shape index (κ2) is 5.34. The summed E-state index contributed by atoms with van der Waals surface area (Å²) >= 11 is 5.85. The van der Waals surface area contributed by atoms with Gasteiger partial charge in [-0.25, -0.2) is 0 Å². The molecule has 5 heteroatoms. The summed E-state index contributed by atoms with van der Waals surface area (Å²) in [6.07, 6.45) is 0.792. The zero-order chi connectivity index (χ0) is 12.3. The van der Waals surface area contributed by atoms with Gasteiger partial charge in [0, 0.05) is 26.0 Å². The third-order valence-corrected chi connectivity index (χ3v) is 2.65. The van der Waals surface area contributed by atoms with Gasteiger partial charge in [0.05, 0.1) is 5.69 Å². The molecule has 0 radical (unpaired) electrons. The molecule has 0 bridgehead atoms. The van der Waals surface area contributed by atoms with Crippen molar-refractivity contribution in [2.24, 2.45) is 7.05 Å². The number of hydrogen-bond acceptors (Lipinski definition) is 2. The van der Waals surface area contributed by atoms with Gasteiger partial charge in [-0.05, 0) is 26.3 Å². The van der Waals surface area contributed by atoms with Gasteiger partial charge < -0.3 is 4.90 Å². The molecule has 1 rings (SSSR count). The Morgan fingerprint density at radius 2 is 2.31 bits per heavy atom. The summed E-state index contributed by atoms with van der Waals surface area (Å²) in [5.74, 6) is -0.0135. The number of nitrogens with zero attached hydrogens (tertiary/aromatic N) is 3. The largest absolute Gasteiger partial charge is 0.340 e. The van der Waals surface area contributed by atoms with Gasteiger partial charge >= 0.3 is 0 Å². The molecule has 0 N–H and O–H groups in total. The molecule has 1 heterocycles. The van der Waals surface area contributed by atoms with Gasteiger partial charge in [-0.3, -0.25) is 9.48 Å². The Morgan fingerprint density at radius 1 is 1.69 bits per heavy atom. The maximum absolute atomic E-state index is 12.0. The van der Waals surface area contributed by atoms with Crippen LogP contribution in [0.5, 0.6) is 0 Å². The lowest BCUT2D eigenvalue weighted by molar-refractivity contribution is 0.0783. The molecule has 0 aliphatic rings. The van der Waals surface area contributed by atoms with E-state index in [1.54, 1.807) is 29.7 Å². The van der Waals surface area contributed by atoms with Crippen LogP contribution in [0.15, 0.2) is 6.07 Å². The number of alkyl halides is 1. The lowest BCUT2D eigenvalue weighted by atomic mass is 10.3. The Kier molecular flexibility index (Phi) is 4.35. The summed E-state index contributed by atoms with van der Waals surface area (Å²) in [6.45, 7) is 4.46. The predicted octanol–water partition coefficient (Wildman–Crippen LogP) is 1.82. The molecular formula is C11H18ClN3O. The number of aryl methyl sites for hydroxylation is 2. The van der Waals surface area contributed by atoms with Crippen LogP contribution < -0.4 is 0 Å². The van der Waals surface area contributed by atoms with E-state index in [-0.39, 0.29) is 11.3 Å². The Morgan fingerprint density at radius 3 is 2.75 bits per heavy atom. The van der Waals surface area contributed by atoms with Crippen molar-refractivity contribution in [3.05, 3.63) is 17.5 Å². The first-order valence-electron chi connectivity index (χ1n) is 5.32. The first-order valence-corrected chi connectivity index (χ1v) is 5.75. The molecule has 0 saturated carbocycles. The highest BCUT2D eigenvalue weighted by Gasteiger charge is 2.16. The molecule has 0 saturated heterocycles. The van der Waals surface area contributed by atoms with Crippen LogP contribution in [-0.2, 0) is 7.05 Å². The van der Waals surface area contributed by atoms with E-state index in [4.69, 9.17) is 11.6 Å². The fourth-order valence-electron chi connectivity index (χ4n) is 1.48. The van der Waals surface area contributed by atoms with Gasteiger partial charge in [0.15, 0.2) is 0 Å². The lowest BCUT2D eigenvalue weighted by Gasteiger charge is -2.17. The van der Waals surface area contributed by atoms with E-state index in [0.717, 1.165) is 12.1 Å². The second-order valence-corrected chi connectivity index (χ2v) is 4.84. The summed E-state index contributed by atoms with van der Waals surface area (Å²) in [4.78, 5) is 13.7. The fraction of sp³-hybridized carbons (Fsp3) is 0.636. The third-order valence-electron chi connectivity index (χ3n) is 2.43. The van der Waals surface area contributed by atoms with Crippen molar-refractivity contribution in [1.29, 1.82) is 0 Å². The summed E-state index contributed by atoms with van der Waals surface area (Å²) < 4.78 is 1.61. The Bertz CT molecular complexity index is 373. The maximum Gasteiger partial charge on any atom is 0.271 e. The highest BCUT2D eigenvalue weighted by molar-refractivity contribution is 6.20. The topological polar surface area (TPSA) is 38.1 Å². The molecular weight excluding hydrogens is 226 g/mol. The normalized spacial score (nSPS) is 12.6. The Hall–Kier alpha value is -1.03. The van der Waals surface area contributed by atoms with Crippen LogP contribution in [0.3, 0.4) is 0 Å². The highest BCUT2D eigenvalue weighted by Crippen LogP contribution is 2.07. The summed E-state index contributed by atoms with van der Waals surface area (Å²) in [6, 6.07) is 1.79. The zero-order valence-corrected chi connectivity index (χ0v) is 11.0. The number of carbonyl (C=O) groups excluding carboxylic acids is 1. The van der Waals surface area contributed by atoms with E-state index in [1.165, 1.54) is 0 Å². The average Bonchev–Trinajstić information content (AvgIpc) is 2.53. The monoisotopic (exact) mass is 243 g/mol. The van der Waals surface area contributed by atoms with Gasteiger partial charge in [-0.2, -0.15) is 5.10 Å². The van der Waals surface area contributed by atoms with E-state index in [1.807, 2.05) is 13.8 Å². The molecule has 0 aromatic carbocycles. The van der Waals surface area contributed by atoms with Crippen LogP contribution in [0.25, 0.3) is 0 Å². The number of hydrogen-bond donors (Lipinski definition) is 0. The van der Waals surface area contributed by atoms with Crippen LogP contribution >= 0.6 is 11.6 Å². The van der Waals surface area contributed by atoms with Gasteiger partial charge in [0.2, 0.25) is 0 Å². The fourth-order valence-corrected chi connectivity index (χ4v) is 1.58. The van der Waals surface area contributed by atoms with Crippen molar-refractivity contribution in [2.75, 3.05) is 13.6 Å². The van der Waals surface area contributed by atoms with Crippen molar-refractivity contribution in [1.82, 2.24) is 14.7 Å². The molecule has 1 atom stereocenters. The number of carbonyl (C=O) groups is 1. The first kappa shape index (κ1) is 13.0. The maximum atomic E-state index is 12.0. The molecule has 1 unspecified atom stereocenters. The minimum Gasteiger partial charge on any atom is -0.340 e. The summed E-state index contributed by atoms with van der Waals surface area (Å²) in [5.41, 5.74) is 1.46. The molecule has 16 heavy (non-hydrogen) atoms. The van der Waals surface area contributed by atoms with Crippen LogP contribution in [0.4, 0.5) is 0 Å². The molecule has 1 aromatic rings. The zero-order valence-electron chi connectivity index (χ0n) is 10.2. The van der Waals surface area contributed by atoms with Crippen molar-refractivity contribution in [3.8, 4) is 0 Å². The van der Waals surface area contributed by atoms with E-state index < -0.39 is 0 Å². The quantitative estimate of drug-likeness (QED) is 0.757. The molecule has 0 spiro atoms. The average molecular weight is 244 g/mol. The van der Waals surface area contributed by atoms with E-state index in [2.05, 4.69) is 5.10 Å². The molecule has 90 valence electrons. The lowest BCUT2D eigenvalue weighted by Crippen LogP contribution is -2.30. The van der Waals surface area contributed by atoms with Crippen LogP contribution in [0, 0.1) is 6.92 Å². The van der Waals surface area contributed by atoms with Crippen LogP contribution in [-0.4, -0.2) is 39.6 Å². The van der Waals surface area contributed by atoms with Crippen molar-refractivity contribution in [3.63, 3.8) is 0 Å². The first-order chi connectivity index (χ1) is 7.41. The molecule has 1 amide bonds. The molecule has 4 nitrogen and oxygen atoms in total. The van der Waals surface area contributed by atoms with Crippen LogP contribution in [0.2, 0.25) is 0 Å². The molecule has 0 aliphatic carbocycles. The van der Waals surface area contributed by atoms with Gasteiger partial charge in [-0.15, -0.1) is 11.6 Å². The summed E-state index contributed by atoms with van der Waals surface area (Å²) in [7, 11) is 3.56. The highest BCUT2D eigenvalue weighted by atomic mass is 35.5. The SMILES string of the molecule is Cc1cc(C(=O)N(C)CCC(C)Cl)n(C)n1. The minimum absolute atomic E-state index is 0.0135. The number of aromatic nitrogens is 2. The molecule has 1 aromatic heterocycles. The van der Waals surface area contributed by atoms with E-state index >= 15 is 0 Å². The third kappa shape index (κ3) is 3.23. The molecule has 0 fully saturated rings. The number of amides is 1. The minimum atomic E-state index is -0.0135. The standard InChI is InChI=1S/C11H18ClN3O/c1-8(12)5-6-14(3)11(16)10-7-9(2)13-15(10)4/h7-8H,5-6H2,1-4H3. The van der Waals surface area contributed by atoms with Gasteiger partial charge in [0.1, 0.15) is 5.69 Å². The number of rotatable bonds is 4. The van der Waals surface area contributed by atoms with Gasteiger partial charge in [-0.1, -0.05) is 0 Å². The predicted molar refractivity (Wildman–Crippen MR) is 64.8 cm³/mol. The van der Waals surface area contributed by atoms with Crippen molar-refractivity contribution < 1.29 is 4.79 Å². The Balaban J connectivity index is 2.67. The summed E-state index contributed by atoms with van der Waals surface area (Å²) in [5, 5.41) is 4.24. The van der Waals surface area contributed by atoms with Crippen molar-refractivity contribution >= 4 is 17.5 Å². The van der Waals surface area contributed by atoms with Crippen molar-refractivity contribution in [2.45, 2.75) is 25.6 Å².